The number of carbonyl (C=O) groups is 1. The number of amides is 1. The number of halogens is 1. The Labute approximate surface area is 146 Å². The molecule has 6 nitrogen and oxygen atoms in total. The fourth-order valence-electron chi connectivity index (χ4n) is 3.73. The molecule has 0 aliphatic carbocycles. The summed E-state index contributed by atoms with van der Waals surface area (Å²) in [5.74, 6) is 0.355. The third-order valence-electron chi connectivity index (χ3n) is 4.92. The highest BCUT2D eigenvalue weighted by Crippen LogP contribution is 2.21. The third kappa shape index (κ3) is 5.31. The van der Waals surface area contributed by atoms with Gasteiger partial charge in [-0.1, -0.05) is 6.42 Å². The maximum atomic E-state index is 12.7. The highest BCUT2D eigenvalue weighted by Gasteiger charge is 2.35. The predicted octanol–water partition coefficient (Wildman–Crippen LogP) is 0.646. The van der Waals surface area contributed by atoms with Crippen LogP contribution in [0.3, 0.4) is 0 Å². The smallest absolute Gasteiger partial charge is 0.237 e. The zero-order valence-corrected chi connectivity index (χ0v) is 15.7. The van der Waals surface area contributed by atoms with Gasteiger partial charge in [0.15, 0.2) is 9.84 Å². The minimum atomic E-state index is -2.97. The number of piperidine rings is 1. The van der Waals surface area contributed by atoms with Gasteiger partial charge in [-0.15, -0.1) is 12.4 Å². The number of likely N-dealkylation sites (tertiary alicyclic amines) is 1. The minimum absolute atomic E-state index is 0. The molecule has 2 saturated heterocycles. The molecule has 1 amide bonds. The maximum Gasteiger partial charge on any atom is 0.237 e. The summed E-state index contributed by atoms with van der Waals surface area (Å²) >= 11 is 0. The molecule has 2 heterocycles. The summed E-state index contributed by atoms with van der Waals surface area (Å²) in [4.78, 5) is 16.6. The van der Waals surface area contributed by atoms with Crippen molar-refractivity contribution in [3.8, 4) is 0 Å². The van der Waals surface area contributed by atoms with Crippen LogP contribution in [0, 0.1) is 0 Å². The lowest BCUT2D eigenvalue weighted by molar-refractivity contribution is -0.135. The first kappa shape index (κ1) is 20.7. The molecule has 0 aromatic carbocycles. The molecule has 3 unspecified atom stereocenters. The number of hydrogen-bond acceptors (Lipinski definition) is 5. The van der Waals surface area contributed by atoms with E-state index in [1.807, 2.05) is 13.8 Å². The monoisotopic (exact) mass is 367 g/mol. The Bertz CT molecular complexity index is 498. The van der Waals surface area contributed by atoms with Crippen LogP contribution in [0.5, 0.6) is 0 Å². The summed E-state index contributed by atoms with van der Waals surface area (Å²) in [6, 6.07) is 0.153. The molecule has 0 saturated carbocycles. The molecule has 2 rings (SSSR count). The van der Waals surface area contributed by atoms with Gasteiger partial charge in [0.2, 0.25) is 5.91 Å². The molecule has 2 aliphatic heterocycles. The molecule has 0 radical (unpaired) electrons. The van der Waals surface area contributed by atoms with Crippen LogP contribution >= 0.6 is 12.4 Å². The standard InChI is InChI=1S/C15H29N3O3S.ClH/c1-3-18(13-7-9-22(20,21)11-13)15(19)10-17-8-5-4-6-14(17)12(2)16;/h12-14H,3-11,16H2,1-2H3;1H. The van der Waals surface area contributed by atoms with Gasteiger partial charge in [0.1, 0.15) is 0 Å². The van der Waals surface area contributed by atoms with Gasteiger partial charge in [-0.25, -0.2) is 8.42 Å². The number of carbonyl (C=O) groups excluding carboxylic acids is 1. The Morgan fingerprint density at radius 3 is 2.57 bits per heavy atom. The number of nitrogens with zero attached hydrogens (tertiary/aromatic N) is 2. The van der Waals surface area contributed by atoms with Crippen LogP contribution in [0.4, 0.5) is 0 Å². The van der Waals surface area contributed by atoms with Crippen LogP contribution in [-0.4, -0.2) is 73.4 Å². The van der Waals surface area contributed by atoms with E-state index < -0.39 is 9.84 Å². The van der Waals surface area contributed by atoms with E-state index in [1.54, 1.807) is 4.90 Å². The normalized spacial score (nSPS) is 28.8. The van der Waals surface area contributed by atoms with Gasteiger partial charge in [-0.3, -0.25) is 9.69 Å². The van der Waals surface area contributed by atoms with Gasteiger partial charge >= 0.3 is 0 Å². The lowest BCUT2D eigenvalue weighted by Gasteiger charge is -2.39. The topological polar surface area (TPSA) is 83.7 Å². The Morgan fingerprint density at radius 1 is 1.35 bits per heavy atom. The van der Waals surface area contributed by atoms with Crippen molar-refractivity contribution in [1.82, 2.24) is 9.80 Å². The van der Waals surface area contributed by atoms with Gasteiger partial charge < -0.3 is 10.6 Å². The quantitative estimate of drug-likeness (QED) is 0.771. The third-order valence-corrected chi connectivity index (χ3v) is 6.67. The van der Waals surface area contributed by atoms with Gasteiger partial charge in [0.25, 0.3) is 0 Å². The van der Waals surface area contributed by atoms with E-state index in [1.165, 1.54) is 0 Å². The second-order valence-electron chi connectivity index (χ2n) is 6.63. The van der Waals surface area contributed by atoms with Crippen LogP contribution < -0.4 is 5.73 Å². The van der Waals surface area contributed by atoms with Crippen molar-refractivity contribution in [1.29, 1.82) is 0 Å². The SMILES string of the molecule is CCN(C(=O)CN1CCCCC1C(C)N)C1CCS(=O)(=O)C1.Cl. The van der Waals surface area contributed by atoms with Crippen molar-refractivity contribution in [3.63, 3.8) is 0 Å². The Balaban J connectivity index is 0.00000264. The van der Waals surface area contributed by atoms with E-state index in [0.717, 1.165) is 25.8 Å². The van der Waals surface area contributed by atoms with Crippen LogP contribution in [0.1, 0.15) is 39.5 Å². The molecule has 0 aromatic heterocycles. The van der Waals surface area contributed by atoms with Gasteiger partial charge in [0.05, 0.1) is 18.1 Å². The van der Waals surface area contributed by atoms with E-state index in [4.69, 9.17) is 5.73 Å². The highest BCUT2D eigenvalue weighted by atomic mass is 35.5. The van der Waals surface area contributed by atoms with Crippen molar-refractivity contribution in [3.05, 3.63) is 0 Å². The first-order chi connectivity index (χ1) is 10.3. The number of sulfone groups is 1. The molecule has 3 atom stereocenters. The average Bonchev–Trinajstić information content (AvgIpc) is 2.80. The average molecular weight is 368 g/mol. The van der Waals surface area contributed by atoms with Crippen LogP contribution in [0.25, 0.3) is 0 Å². The Morgan fingerprint density at radius 2 is 2.04 bits per heavy atom. The molecule has 2 aliphatic rings. The number of likely N-dealkylation sites (N-methyl/N-ethyl adjacent to an activating group) is 1. The van der Waals surface area contributed by atoms with Crippen molar-refractivity contribution in [2.45, 2.75) is 57.7 Å². The predicted molar refractivity (Wildman–Crippen MR) is 94.6 cm³/mol. The molecule has 136 valence electrons. The Kier molecular flexibility index (Phi) is 7.77. The van der Waals surface area contributed by atoms with E-state index in [-0.39, 0.29) is 47.9 Å². The fraction of sp³-hybridized carbons (Fsp3) is 0.933. The first-order valence-corrected chi connectivity index (χ1v) is 10.2. The fourth-order valence-corrected chi connectivity index (χ4v) is 5.46. The minimum Gasteiger partial charge on any atom is -0.338 e. The van der Waals surface area contributed by atoms with Crippen molar-refractivity contribution >= 4 is 28.2 Å². The molecule has 23 heavy (non-hydrogen) atoms. The molecule has 2 N–H and O–H groups in total. The Hall–Kier alpha value is -0.370. The van der Waals surface area contributed by atoms with Gasteiger partial charge in [-0.05, 0) is 39.7 Å². The van der Waals surface area contributed by atoms with Crippen molar-refractivity contribution in [2.75, 3.05) is 31.1 Å². The van der Waals surface area contributed by atoms with Crippen LogP contribution in [-0.2, 0) is 14.6 Å². The van der Waals surface area contributed by atoms with Crippen LogP contribution in [0.2, 0.25) is 0 Å². The largest absolute Gasteiger partial charge is 0.338 e. The van der Waals surface area contributed by atoms with E-state index in [0.29, 0.717) is 19.5 Å². The van der Waals surface area contributed by atoms with Gasteiger partial charge in [-0.2, -0.15) is 0 Å². The molecular weight excluding hydrogens is 338 g/mol. The molecule has 2 fully saturated rings. The molecular formula is C15H30ClN3O3S. The summed E-state index contributed by atoms with van der Waals surface area (Å²) in [6.45, 7) is 5.74. The summed E-state index contributed by atoms with van der Waals surface area (Å²) in [5.41, 5.74) is 6.05. The molecule has 0 aromatic rings. The zero-order valence-electron chi connectivity index (χ0n) is 14.1. The summed E-state index contributed by atoms with van der Waals surface area (Å²) in [7, 11) is -2.97. The molecule has 0 spiro atoms. The van der Waals surface area contributed by atoms with Crippen LogP contribution in [0.15, 0.2) is 0 Å². The van der Waals surface area contributed by atoms with Gasteiger partial charge in [0, 0.05) is 24.7 Å². The summed E-state index contributed by atoms with van der Waals surface area (Å²) < 4.78 is 23.3. The van der Waals surface area contributed by atoms with Crippen molar-refractivity contribution in [2.24, 2.45) is 5.73 Å². The second kappa shape index (κ2) is 8.65. The first-order valence-electron chi connectivity index (χ1n) is 8.33. The number of rotatable bonds is 5. The zero-order chi connectivity index (χ0) is 16.3. The maximum absolute atomic E-state index is 12.7. The molecule has 8 heteroatoms. The number of hydrogen-bond donors (Lipinski definition) is 1. The number of nitrogens with two attached hydrogens (primary N) is 1. The highest BCUT2D eigenvalue weighted by molar-refractivity contribution is 7.91. The summed E-state index contributed by atoms with van der Waals surface area (Å²) in [5, 5.41) is 0. The van der Waals surface area contributed by atoms with E-state index in [9.17, 15) is 13.2 Å². The second-order valence-corrected chi connectivity index (χ2v) is 8.86. The van der Waals surface area contributed by atoms with E-state index >= 15 is 0 Å². The van der Waals surface area contributed by atoms with E-state index in [2.05, 4.69) is 4.90 Å². The lowest BCUT2D eigenvalue weighted by atomic mass is 9.97. The van der Waals surface area contributed by atoms with Crippen molar-refractivity contribution < 1.29 is 13.2 Å². The summed E-state index contributed by atoms with van der Waals surface area (Å²) in [6.07, 6.45) is 3.86. The lowest BCUT2D eigenvalue weighted by Crippen LogP contribution is -2.54. The molecule has 0 bridgehead atoms.